The minimum Gasteiger partial charge on any atom is -0.465 e. The highest BCUT2D eigenvalue weighted by Gasteiger charge is 2.23. The summed E-state index contributed by atoms with van der Waals surface area (Å²) in [5.41, 5.74) is 2.54. The number of carbonyl (C=O) groups is 2. The van der Waals surface area contributed by atoms with Gasteiger partial charge < -0.3 is 9.64 Å². The summed E-state index contributed by atoms with van der Waals surface area (Å²) in [6.07, 6.45) is 0. The molecule has 0 aromatic heterocycles. The van der Waals surface area contributed by atoms with Gasteiger partial charge in [0, 0.05) is 13.1 Å². The van der Waals surface area contributed by atoms with E-state index in [1.54, 1.807) is 17.0 Å². The molecule has 0 unspecified atom stereocenters. The van der Waals surface area contributed by atoms with Crippen molar-refractivity contribution in [2.75, 3.05) is 13.0 Å². The van der Waals surface area contributed by atoms with E-state index < -0.39 is 0 Å². The molecule has 1 aromatic carbocycles. The number of alkyl halides is 1. The molecule has 0 saturated heterocycles. The largest absolute Gasteiger partial charge is 0.465 e. The molecule has 1 aromatic rings. The molecule has 1 aliphatic heterocycles. The number of hydrogen-bond donors (Lipinski definition) is 0. The molecule has 1 heterocycles. The Morgan fingerprint density at radius 3 is 2.71 bits per heavy atom. The van der Waals surface area contributed by atoms with Crippen LogP contribution in [0.1, 0.15) is 21.5 Å². The Bertz CT molecular complexity index is 473. The molecular weight excluding hydrogens is 242 g/mol. The molecule has 4 nitrogen and oxygen atoms in total. The van der Waals surface area contributed by atoms with E-state index in [0.717, 1.165) is 11.1 Å². The molecular formula is C12H12ClNO3. The van der Waals surface area contributed by atoms with Crippen LogP contribution < -0.4 is 0 Å². The maximum Gasteiger partial charge on any atom is 0.337 e. The third-order valence-corrected chi connectivity index (χ3v) is 3.05. The van der Waals surface area contributed by atoms with Crippen molar-refractivity contribution in [1.82, 2.24) is 4.90 Å². The topological polar surface area (TPSA) is 46.6 Å². The Balaban J connectivity index is 2.22. The Kier molecular flexibility index (Phi) is 3.33. The number of fused-ring (bicyclic) bond motifs is 1. The molecule has 0 radical (unpaired) electrons. The molecule has 90 valence electrons. The summed E-state index contributed by atoms with van der Waals surface area (Å²) in [4.78, 5) is 24.5. The SMILES string of the molecule is COC(=O)c1ccc2c(c1)CN(C(=O)CCl)C2. The van der Waals surface area contributed by atoms with Gasteiger partial charge in [0.25, 0.3) is 0 Å². The van der Waals surface area contributed by atoms with Crippen molar-refractivity contribution in [3.05, 3.63) is 34.9 Å². The van der Waals surface area contributed by atoms with Crippen LogP contribution in [0.25, 0.3) is 0 Å². The number of rotatable bonds is 2. The van der Waals surface area contributed by atoms with Crippen LogP contribution in [-0.2, 0) is 22.6 Å². The maximum atomic E-state index is 11.5. The summed E-state index contributed by atoms with van der Waals surface area (Å²) in [6.45, 7) is 1.06. The summed E-state index contributed by atoms with van der Waals surface area (Å²) in [5.74, 6) is -0.477. The van der Waals surface area contributed by atoms with Crippen LogP contribution in [0.15, 0.2) is 18.2 Å². The molecule has 0 atom stereocenters. The molecule has 2 rings (SSSR count). The number of carbonyl (C=O) groups excluding carboxylic acids is 2. The van der Waals surface area contributed by atoms with Crippen molar-refractivity contribution in [3.8, 4) is 0 Å². The molecule has 0 spiro atoms. The van der Waals surface area contributed by atoms with Crippen molar-refractivity contribution in [3.63, 3.8) is 0 Å². The summed E-state index contributed by atoms with van der Waals surface area (Å²) in [7, 11) is 1.35. The highest BCUT2D eigenvalue weighted by atomic mass is 35.5. The van der Waals surface area contributed by atoms with Crippen molar-refractivity contribution in [1.29, 1.82) is 0 Å². The van der Waals surface area contributed by atoms with Crippen LogP contribution in [0.4, 0.5) is 0 Å². The summed E-state index contributed by atoms with van der Waals surface area (Å²) < 4.78 is 4.65. The monoisotopic (exact) mass is 253 g/mol. The number of benzene rings is 1. The van der Waals surface area contributed by atoms with Crippen LogP contribution in [-0.4, -0.2) is 29.8 Å². The van der Waals surface area contributed by atoms with Crippen LogP contribution in [0.5, 0.6) is 0 Å². The van der Waals surface area contributed by atoms with E-state index in [4.69, 9.17) is 11.6 Å². The number of methoxy groups -OCH3 is 1. The third kappa shape index (κ3) is 2.26. The zero-order valence-corrected chi connectivity index (χ0v) is 10.2. The van der Waals surface area contributed by atoms with E-state index >= 15 is 0 Å². The molecule has 1 aliphatic rings. The van der Waals surface area contributed by atoms with Crippen LogP contribution >= 0.6 is 11.6 Å². The molecule has 1 amide bonds. The highest BCUT2D eigenvalue weighted by molar-refractivity contribution is 6.27. The van der Waals surface area contributed by atoms with Crippen molar-refractivity contribution < 1.29 is 14.3 Å². The minimum atomic E-state index is -0.366. The van der Waals surface area contributed by atoms with E-state index in [2.05, 4.69) is 4.74 Å². The Hall–Kier alpha value is -1.55. The lowest BCUT2D eigenvalue weighted by molar-refractivity contribution is -0.129. The number of ether oxygens (including phenoxy) is 1. The standard InChI is InChI=1S/C12H12ClNO3/c1-17-12(16)8-2-3-9-6-14(11(15)5-13)7-10(9)4-8/h2-4H,5-7H2,1H3. The first-order valence-corrected chi connectivity index (χ1v) is 5.73. The van der Waals surface area contributed by atoms with Crippen molar-refractivity contribution in [2.24, 2.45) is 0 Å². The third-order valence-electron chi connectivity index (χ3n) is 2.82. The number of nitrogens with zero attached hydrogens (tertiary/aromatic N) is 1. The van der Waals surface area contributed by atoms with Gasteiger partial charge in [0.15, 0.2) is 0 Å². The van der Waals surface area contributed by atoms with Gasteiger partial charge in [0.2, 0.25) is 5.91 Å². The van der Waals surface area contributed by atoms with Crippen LogP contribution in [0, 0.1) is 0 Å². The molecule has 0 saturated carbocycles. The predicted molar refractivity (Wildman–Crippen MR) is 62.8 cm³/mol. The van der Waals surface area contributed by atoms with Crippen molar-refractivity contribution in [2.45, 2.75) is 13.1 Å². The number of halogens is 1. The van der Waals surface area contributed by atoms with E-state index in [-0.39, 0.29) is 17.8 Å². The smallest absolute Gasteiger partial charge is 0.337 e. The van der Waals surface area contributed by atoms with Gasteiger partial charge in [-0.1, -0.05) is 6.07 Å². The maximum absolute atomic E-state index is 11.5. The van der Waals surface area contributed by atoms with E-state index in [0.29, 0.717) is 18.7 Å². The first kappa shape index (κ1) is 11.9. The minimum absolute atomic E-state index is 0.0160. The van der Waals surface area contributed by atoms with Gasteiger partial charge in [-0.3, -0.25) is 4.79 Å². The fourth-order valence-electron chi connectivity index (χ4n) is 1.90. The van der Waals surface area contributed by atoms with Crippen LogP contribution in [0.2, 0.25) is 0 Å². The van der Waals surface area contributed by atoms with E-state index in [1.807, 2.05) is 6.07 Å². The number of esters is 1. The zero-order valence-electron chi connectivity index (χ0n) is 9.40. The fourth-order valence-corrected chi connectivity index (χ4v) is 2.07. The first-order chi connectivity index (χ1) is 8.15. The lowest BCUT2D eigenvalue weighted by Crippen LogP contribution is -2.26. The normalized spacial score (nSPS) is 13.4. The molecule has 0 fully saturated rings. The Morgan fingerprint density at radius 2 is 2.06 bits per heavy atom. The quantitative estimate of drug-likeness (QED) is 0.594. The molecule has 0 bridgehead atoms. The second-order valence-corrected chi connectivity index (χ2v) is 4.13. The van der Waals surface area contributed by atoms with Gasteiger partial charge in [0.1, 0.15) is 5.88 Å². The summed E-state index contributed by atoms with van der Waals surface area (Å²) >= 11 is 5.51. The van der Waals surface area contributed by atoms with Gasteiger partial charge in [-0.05, 0) is 23.3 Å². The number of amides is 1. The average molecular weight is 254 g/mol. The fraction of sp³-hybridized carbons (Fsp3) is 0.333. The average Bonchev–Trinajstić information content (AvgIpc) is 2.79. The van der Waals surface area contributed by atoms with Crippen LogP contribution in [0.3, 0.4) is 0 Å². The molecule has 0 aliphatic carbocycles. The predicted octanol–water partition coefficient (Wildman–Crippen LogP) is 1.55. The molecule has 0 N–H and O–H groups in total. The zero-order chi connectivity index (χ0) is 12.4. The second-order valence-electron chi connectivity index (χ2n) is 3.86. The van der Waals surface area contributed by atoms with Gasteiger partial charge in [-0.15, -0.1) is 11.6 Å². The highest BCUT2D eigenvalue weighted by Crippen LogP contribution is 2.24. The lowest BCUT2D eigenvalue weighted by Gasteiger charge is -2.12. The lowest BCUT2D eigenvalue weighted by atomic mass is 10.1. The first-order valence-electron chi connectivity index (χ1n) is 5.19. The van der Waals surface area contributed by atoms with Gasteiger partial charge in [-0.25, -0.2) is 4.79 Å². The Morgan fingerprint density at radius 1 is 1.35 bits per heavy atom. The molecule has 17 heavy (non-hydrogen) atoms. The van der Waals surface area contributed by atoms with Gasteiger partial charge in [0.05, 0.1) is 12.7 Å². The van der Waals surface area contributed by atoms with E-state index in [9.17, 15) is 9.59 Å². The summed E-state index contributed by atoms with van der Waals surface area (Å²) in [6, 6.07) is 5.32. The molecule has 5 heteroatoms. The van der Waals surface area contributed by atoms with Gasteiger partial charge in [-0.2, -0.15) is 0 Å². The van der Waals surface area contributed by atoms with Crippen molar-refractivity contribution >= 4 is 23.5 Å². The Labute approximate surface area is 104 Å². The second kappa shape index (κ2) is 4.75. The van der Waals surface area contributed by atoms with Gasteiger partial charge >= 0.3 is 5.97 Å². The summed E-state index contributed by atoms with van der Waals surface area (Å²) in [5, 5.41) is 0. The number of hydrogen-bond acceptors (Lipinski definition) is 3. The van der Waals surface area contributed by atoms with E-state index in [1.165, 1.54) is 7.11 Å².